The number of fused-ring (bicyclic) bond motifs is 5. The molecule has 10 heteroatoms. The summed E-state index contributed by atoms with van der Waals surface area (Å²) in [6, 6.07) is 0. The van der Waals surface area contributed by atoms with Gasteiger partial charge in [-0.3, -0.25) is 19.2 Å². The van der Waals surface area contributed by atoms with E-state index in [4.69, 9.17) is 25.7 Å². The number of nitrogens with two attached hydrogens (primary N) is 2. The lowest BCUT2D eigenvalue weighted by Crippen LogP contribution is -2.63. The number of hydrogen-bond donors (Lipinski definition) is 3. The fourth-order valence-electron chi connectivity index (χ4n) is 10.5. The van der Waals surface area contributed by atoms with E-state index >= 15 is 0 Å². The lowest BCUT2D eigenvalue weighted by Gasteiger charge is -2.64. The third-order valence-electron chi connectivity index (χ3n) is 13.0. The molecule has 11 atom stereocenters. The minimum atomic E-state index is -0.795. The first kappa shape index (κ1) is 37.6. The van der Waals surface area contributed by atoms with Crippen molar-refractivity contribution in [3.05, 3.63) is 0 Å². The van der Waals surface area contributed by atoms with Gasteiger partial charge in [0.15, 0.2) is 0 Å². The van der Waals surface area contributed by atoms with Gasteiger partial charge in [-0.25, -0.2) is 0 Å². The molecule has 47 heavy (non-hydrogen) atoms. The molecule has 0 amide bonds. The van der Waals surface area contributed by atoms with Gasteiger partial charge in [-0.1, -0.05) is 34.1 Å². The molecule has 0 bridgehead atoms. The van der Waals surface area contributed by atoms with Crippen LogP contribution in [0.5, 0.6) is 0 Å². The van der Waals surface area contributed by atoms with Crippen LogP contribution in [-0.2, 0) is 33.4 Å². The van der Waals surface area contributed by atoms with E-state index in [1.165, 1.54) is 0 Å². The molecule has 0 aromatic carbocycles. The van der Waals surface area contributed by atoms with Crippen LogP contribution in [0.25, 0.3) is 0 Å². The average molecular weight is 663 g/mol. The Kier molecular flexibility index (Phi) is 13.2. The van der Waals surface area contributed by atoms with E-state index in [-0.39, 0.29) is 95.4 Å². The van der Waals surface area contributed by atoms with Crippen molar-refractivity contribution in [2.75, 3.05) is 13.1 Å². The largest absolute Gasteiger partial charge is 0.481 e. The SMILES string of the molecule is CCCCC(=O)O[C@@H]1C[C@@H]2C[C@H](OC(=O)CCCN)CC[C@]2(C)[C@H]2C[C@H](OC(=O)CCCN)[C@]3(C)[C@@H]([C@H](C)CCC(=O)O)CC[C@H]3[C@H]12. The van der Waals surface area contributed by atoms with Crippen molar-refractivity contribution < 1.29 is 38.5 Å². The molecule has 0 unspecified atom stereocenters. The van der Waals surface area contributed by atoms with Crippen LogP contribution in [0.2, 0.25) is 0 Å². The highest BCUT2D eigenvalue weighted by Gasteiger charge is 2.67. The molecule has 5 N–H and O–H groups in total. The van der Waals surface area contributed by atoms with E-state index in [9.17, 15) is 24.3 Å². The molecular weight excluding hydrogens is 600 g/mol. The number of unbranched alkanes of at least 4 members (excludes halogenated alkanes) is 1. The Hall–Kier alpha value is -2.20. The summed E-state index contributed by atoms with van der Waals surface area (Å²) in [5.74, 6) is -0.405. The third kappa shape index (κ3) is 8.34. The van der Waals surface area contributed by atoms with Gasteiger partial charge < -0.3 is 30.8 Å². The number of rotatable bonds is 16. The second-order valence-corrected chi connectivity index (χ2v) is 15.7. The van der Waals surface area contributed by atoms with Gasteiger partial charge >= 0.3 is 23.9 Å². The molecule has 4 rings (SSSR count). The molecule has 0 aromatic heterocycles. The molecule has 10 nitrogen and oxygen atoms in total. The lowest BCUT2D eigenvalue weighted by atomic mass is 9.43. The van der Waals surface area contributed by atoms with Crippen molar-refractivity contribution in [3.8, 4) is 0 Å². The molecule has 0 spiro atoms. The maximum atomic E-state index is 13.3. The number of carboxylic acids is 1. The van der Waals surface area contributed by atoms with Crippen molar-refractivity contribution in [2.45, 2.75) is 149 Å². The van der Waals surface area contributed by atoms with Gasteiger partial charge in [-0.05, 0) is 119 Å². The molecular formula is C37H62N2O8. The van der Waals surface area contributed by atoms with Crippen molar-refractivity contribution in [2.24, 2.45) is 57.8 Å². The van der Waals surface area contributed by atoms with Crippen LogP contribution in [0, 0.1) is 46.3 Å². The maximum absolute atomic E-state index is 13.3. The monoisotopic (exact) mass is 662 g/mol. The smallest absolute Gasteiger partial charge is 0.306 e. The van der Waals surface area contributed by atoms with Crippen molar-refractivity contribution >= 4 is 23.9 Å². The quantitative estimate of drug-likeness (QED) is 0.136. The molecule has 4 aliphatic rings. The van der Waals surface area contributed by atoms with Crippen molar-refractivity contribution in [1.29, 1.82) is 0 Å². The van der Waals surface area contributed by atoms with Gasteiger partial charge in [0.1, 0.15) is 18.3 Å². The first-order valence-electron chi connectivity index (χ1n) is 18.6. The summed E-state index contributed by atoms with van der Waals surface area (Å²) >= 11 is 0. The number of carbonyl (C=O) groups excluding carboxylic acids is 3. The average Bonchev–Trinajstić information content (AvgIpc) is 3.39. The molecule has 0 heterocycles. The number of carbonyl (C=O) groups is 4. The first-order valence-corrected chi connectivity index (χ1v) is 18.6. The minimum absolute atomic E-state index is 0.0899. The summed E-state index contributed by atoms with van der Waals surface area (Å²) in [4.78, 5) is 50.6. The predicted octanol–water partition coefficient (Wildman–Crippen LogP) is 5.77. The lowest BCUT2D eigenvalue weighted by molar-refractivity contribution is -0.226. The second-order valence-electron chi connectivity index (χ2n) is 15.7. The van der Waals surface area contributed by atoms with Gasteiger partial charge in [0.2, 0.25) is 0 Å². The minimum Gasteiger partial charge on any atom is -0.481 e. The Morgan fingerprint density at radius 1 is 0.809 bits per heavy atom. The standard InChI is InChI=1S/C37H62N2O8/c1-5-6-9-33(43)46-29-21-24-20-25(45-32(42)10-7-18-38)16-17-36(24,3)28-22-30(47-34(44)11-8-19-39)37(4)26(13-14-27(37)35(28)29)23(2)12-15-31(40)41/h23-30,35H,5-22,38-39H2,1-4H3,(H,40,41)/t23-,24+,25-,26-,27+,28+,29-,30+,35+,36+,37-/m1/s1. The molecule has 4 aliphatic carbocycles. The fraction of sp³-hybridized carbons (Fsp3) is 0.892. The molecule has 0 saturated heterocycles. The molecule has 4 saturated carbocycles. The van der Waals surface area contributed by atoms with E-state index in [1.807, 2.05) is 0 Å². The highest BCUT2D eigenvalue weighted by Crippen LogP contribution is 2.69. The number of esters is 3. The zero-order valence-electron chi connectivity index (χ0n) is 29.4. The van der Waals surface area contributed by atoms with Gasteiger partial charge in [-0.2, -0.15) is 0 Å². The highest BCUT2D eigenvalue weighted by atomic mass is 16.6. The summed E-state index contributed by atoms with van der Waals surface area (Å²) in [7, 11) is 0. The van der Waals surface area contributed by atoms with Crippen LogP contribution in [0.1, 0.15) is 130 Å². The normalized spacial score (nSPS) is 36.7. The Morgan fingerprint density at radius 3 is 2.09 bits per heavy atom. The van der Waals surface area contributed by atoms with E-state index in [0.29, 0.717) is 51.6 Å². The zero-order chi connectivity index (χ0) is 34.4. The van der Waals surface area contributed by atoms with Crippen molar-refractivity contribution in [1.82, 2.24) is 0 Å². The molecule has 268 valence electrons. The van der Waals surface area contributed by atoms with Crippen LogP contribution in [-0.4, -0.2) is 60.4 Å². The topological polar surface area (TPSA) is 168 Å². The summed E-state index contributed by atoms with van der Waals surface area (Å²) in [6.07, 6.45) is 9.47. The third-order valence-corrected chi connectivity index (χ3v) is 13.0. The van der Waals surface area contributed by atoms with Gasteiger partial charge in [0.05, 0.1) is 0 Å². The Bertz CT molecular complexity index is 1100. The summed E-state index contributed by atoms with van der Waals surface area (Å²) in [5.41, 5.74) is 10.9. The Labute approximate surface area is 281 Å². The predicted molar refractivity (Wildman–Crippen MR) is 178 cm³/mol. The fourth-order valence-corrected chi connectivity index (χ4v) is 10.5. The van der Waals surface area contributed by atoms with E-state index < -0.39 is 5.97 Å². The number of ether oxygens (including phenoxy) is 3. The molecule has 0 radical (unpaired) electrons. The Balaban J connectivity index is 1.69. The number of carboxylic acid groups (broad SMARTS) is 1. The second kappa shape index (κ2) is 16.5. The molecule has 0 aromatic rings. The van der Waals surface area contributed by atoms with Crippen LogP contribution >= 0.6 is 0 Å². The summed E-state index contributed by atoms with van der Waals surface area (Å²) < 4.78 is 18.9. The highest BCUT2D eigenvalue weighted by molar-refractivity contribution is 5.70. The summed E-state index contributed by atoms with van der Waals surface area (Å²) in [6.45, 7) is 9.73. The van der Waals surface area contributed by atoms with Crippen LogP contribution in [0.3, 0.4) is 0 Å². The van der Waals surface area contributed by atoms with Gasteiger partial charge in [0.25, 0.3) is 0 Å². The van der Waals surface area contributed by atoms with Gasteiger partial charge in [0, 0.05) is 37.0 Å². The maximum Gasteiger partial charge on any atom is 0.306 e. The summed E-state index contributed by atoms with van der Waals surface area (Å²) in [5, 5.41) is 9.47. The van der Waals surface area contributed by atoms with Crippen molar-refractivity contribution in [3.63, 3.8) is 0 Å². The molecule has 4 fully saturated rings. The Morgan fingerprint density at radius 2 is 1.45 bits per heavy atom. The van der Waals surface area contributed by atoms with Crippen LogP contribution < -0.4 is 11.5 Å². The molecule has 0 aliphatic heterocycles. The van der Waals surface area contributed by atoms with Gasteiger partial charge in [-0.15, -0.1) is 0 Å². The van der Waals surface area contributed by atoms with E-state index in [1.54, 1.807) is 0 Å². The van der Waals surface area contributed by atoms with Crippen LogP contribution in [0.15, 0.2) is 0 Å². The zero-order valence-corrected chi connectivity index (χ0v) is 29.4. The van der Waals surface area contributed by atoms with E-state index in [2.05, 4.69) is 27.7 Å². The first-order chi connectivity index (χ1) is 22.4. The van der Waals surface area contributed by atoms with E-state index in [0.717, 1.165) is 51.4 Å². The number of hydrogen-bond acceptors (Lipinski definition) is 9. The number of aliphatic carboxylic acids is 1. The van der Waals surface area contributed by atoms with Crippen LogP contribution in [0.4, 0.5) is 0 Å².